The van der Waals surface area contributed by atoms with Crippen LogP contribution in [0.4, 0.5) is 4.39 Å². The van der Waals surface area contributed by atoms with Crippen LogP contribution >= 0.6 is 27.3 Å². The second-order valence-corrected chi connectivity index (χ2v) is 7.22. The highest BCUT2D eigenvalue weighted by Gasteiger charge is 2.09. The van der Waals surface area contributed by atoms with Crippen molar-refractivity contribution >= 4 is 39.4 Å². The Labute approximate surface area is 141 Å². The second kappa shape index (κ2) is 6.55. The van der Waals surface area contributed by atoms with Crippen LogP contribution in [-0.4, -0.2) is 4.98 Å². The second-order valence-electron chi connectivity index (χ2n) is 4.87. The lowest BCUT2D eigenvalue weighted by Crippen LogP contribution is -1.81. The van der Waals surface area contributed by atoms with Gasteiger partial charge >= 0.3 is 0 Å². The number of hydrogen-bond acceptors (Lipinski definition) is 2. The van der Waals surface area contributed by atoms with E-state index in [4.69, 9.17) is 0 Å². The van der Waals surface area contributed by atoms with Gasteiger partial charge in [0.25, 0.3) is 0 Å². The molecule has 22 heavy (non-hydrogen) atoms. The smallest absolute Gasteiger partial charge is 0.123 e. The molecule has 0 aliphatic heterocycles. The van der Waals surface area contributed by atoms with Crippen molar-refractivity contribution in [2.75, 3.05) is 0 Å². The van der Waals surface area contributed by atoms with Crippen LogP contribution in [0, 0.1) is 12.7 Å². The Morgan fingerprint density at radius 2 is 1.77 bits per heavy atom. The SMILES string of the molecule is Cc1ccccc1/C=C/c1nc(-c2ccc(F)cc2)c(Br)s1. The van der Waals surface area contributed by atoms with Gasteiger partial charge in [-0.2, -0.15) is 0 Å². The van der Waals surface area contributed by atoms with E-state index in [0.717, 1.165) is 20.1 Å². The van der Waals surface area contributed by atoms with Gasteiger partial charge in [-0.05, 0) is 64.3 Å². The third-order valence-corrected chi connectivity index (χ3v) is 4.98. The molecule has 0 bridgehead atoms. The van der Waals surface area contributed by atoms with Gasteiger partial charge in [-0.25, -0.2) is 9.37 Å². The first-order valence-electron chi connectivity index (χ1n) is 6.79. The predicted octanol–water partition coefficient (Wildman–Crippen LogP) is 6.19. The molecule has 0 unspecified atom stereocenters. The van der Waals surface area contributed by atoms with Gasteiger partial charge in [0.1, 0.15) is 10.8 Å². The summed E-state index contributed by atoms with van der Waals surface area (Å²) in [6.45, 7) is 2.08. The summed E-state index contributed by atoms with van der Waals surface area (Å²) in [6.07, 6.45) is 4.07. The van der Waals surface area contributed by atoms with E-state index in [1.54, 1.807) is 23.5 Å². The Bertz CT molecular complexity index is 821. The zero-order chi connectivity index (χ0) is 15.5. The van der Waals surface area contributed by atoms with Gasteiger partial charge in [-0.3, -0.25) is 0 Å². The van der Waals surface area contributed by atoms with E-state index in [1.165, 1.54) is 23.3 Å². The zero-order valence-corrected chi connectivity index (χ0v) is 14.3. The van der Waals surface area contributed by atoms with Crippen molar-refractivity contribution < 1.29 is 4.39 Å². The van der Waals surface area contributed by atoms with Crippen LogP contribution in [0.1, 0.15) is 16.1 Å². The number of halogens is 2. The Morgan fingerprint density at radius 3 is 2.50 bits per heavy atom. The molecule has 3 aromatic rings. The van der Waals surface area contributed by atoms with Gasteiger partial charge in [0.05, 0.1) is 9.48 Å². The summed E-state index contributed by atoms with van der Waals surface area (Å²) < 4.78 is 14.0. The van der Waals surface area contributed by atoms with Crippen molar-refractivity contribution in [2.45, 2.75) is 6.92 Å². The average molecular weight is 374 g/mol. The van der Waals surface area contributed by atoms with Crippen molar-refractivity contribution in [3.05, 3.63) is 74.3 Å². The highest BCUT2D eigenvalue weighted by atomic mass is 79.9. The van der Waals surface area contributed by atoms with E-state index < -0.39 is 0 Å². The number of hydrogen-bond donors (Lipinski definition) is 0. The Balaban J connectivity index is 1.89. The summed E-state index contributed by atoms with van der Waals surface area (Å²) >= 11 is 5.10. The summed E-state index contributed by atoms with van der Waals surface area (Å²) in [7, 11) is 0. The molecule has 0 saturated heterocycles. The normalized spacial score (nSPS) is 11.2. The topological polar surface area (TPSA) is 12.9 Å². The molecule has 0 radical (unpaired) electrons. The predicted molar refractivity (Wildman–Crippen MR) is 95.3 cm³/mol. The lowest BCUT2D eigenvalue weighted by molar-refractivity contribution is 0.628. The molecule has 4 heteroatoms. The van der Waals surface area contributed by atoms with Crippen molar-refractivity contribution in [1.82, 2.24) is 4.98 Å². The molecule has 0 fully saturated rings. The summed E-state index contributed by atoms with van der Waals surface area (Å²) in [5, 5.41) is 0.912. The largest absolute Gasteiger partial charge is 0.235 e. The molecule has 110 valence electrons. The number of benzene rings is 2. The minimum atomic E-state index is -0.241. The molecule has 1 aromatic heterocycles. The maximum absolute atomic E-state index is 13.0. The standard InChI is InChI=1S/C18H13BrFNS/c1-12-4-2-3-5-13(12)8-11-16-21-17(18(19)22-16)14-6-9-15(20)10-7-14/h2-11H,1H3/b11-8+. The first-order chi connectivity index (χ1) is 10.6. The van der Waals surface area contributed by atoms with Gasteiger partial charge < -0.3 is 0 Å². The van der Waals surface area contributed by atoms with Crippen LogP contribution in [0.5, 0.6) is 0 Å². The monoisotopic (exact) mass is 373 g/mol. The van der Waals surface area contributed by atoms with Crippen molar-refractivity contribution in [2.24, 2.45) is 0 Å². The molecular formula is C18H13BrFNS. The van der Waals surface area contributed by atoms with E-state index in [2.05, 4.69) is 46.0 Å². The average Bonchev–Trinajstić information content (AvgIpc) is 2.88. The Morgan fingerprint density at radius 1 is 1.05 bits per heavy atom. The highest BCUT2D eigenvalue weighted by molar-refractivity contribution is 9.11. The molecule has 1 nitrogen and oxygen atoms in total. The molecular weight excluding hydrogens is 361 g/mol. The lowest BCUT2D eigenvalue weighted by Gasteiger charge is -1.97. The third-order valence-electron chi connectivity index (χ3n) is 3.31. The fourth-order valence-corrected chi connectivity index (χ4v) is 3.64. The van der Waals surface area contributed by atoms with Crippen molar-refractivity contribution in [3.63, 3.8) is 0 Å². The van der Waals surface area contributed by atoms with E-state index >= 15 is 0 Å². The number of thiazole rings is 1. The fourth-order valence-electron chi connectivity index (χ4n) is 2.11. The summed E-state index contributed by atoms with van der Waals surface area (Å²) in [4.78, 5) is 4.62. The summed E-state index contributed by atoms with van der Waals surface area (Å²) in [5.41, 5.74) is 4.15. The van der Waals surface area contributed by atoms with Gasteiger partial charge in [-0.1, -0.05) is 30.3 Å². The molecule has 3 rings (SSSR count). The molecule has 0 atom stereocenters. The van der Waals surface area contributed by atoms with Crippen molar-refractivity contribution in [3.8, 4) is 11.3 Å². The molecule has 0 saturated carbocycles. The number of nitrogens with zero attached hydrogens (tertiary/aromatic N) is 1. The van der Waals surface area contributed by atoms with Gasteiger partial charge in [0.15, 0.2) is 0 Å². The number of aromatic nitrogens is 1. The van der Waals surface area contributed by atoms with Crippen LogP contribution in [0.2, 0.25) is 0 Å². The molecule has 0 aliphatic rings. The minimum absolute atomic E-state index is 0.241. The minimum Gasteiger partial charge on any atom is -0.235 e. The van der Waals surface area contributed by atoms with E-state index in [9.17, 15) is 4.39 Å². The van der Waals surface area contributed by atoms with Gasteiger partial charge in [-0.15, -0.1) is 11.3 Å². The van der Waals surface area contributed by atoms with Crippen molar-refractivity contribution in [1.29, 1.82) is 0 Å². The maximum Gasteiger partial charge on any atom is 0.123 e. The number of aryl methyl sites for hydroxylation is 1. The molecule has 1 heterocycles. The van der Waals surface area contributed by atoms with Crippen LogP contribution in [0.25, 0.3) is 23.4 Å². The number of rotatable bonds is 3. The van der Waals surface area contributed by atoms with Gasteiger partial charge in [0.2, 0.25) is 0 Å². The first-order valence-corrected chi connectivity index (χ1v) is 8.40. The molecule has 0 N–H and O–H groups in total. The van der Waals surface area contributed by atoms with E-state index in [1.807, 2.05) is 18.2 Å². The quantitative estimate of drug-likeness (QED) is 0.533. The van der Waals surface area contributed by atoms with Crippen LogP contribution in [-0.2, 0) is 0 Å². The third kappa shape index (κ3) is 3.34. The molecule has 0 amide bonds. The molecule has 0 aliphatic carbocycles. The molecule has 0 spiro atoms. The zero-order valence-electron chi connectivity index (χ0n) is 11.9. The van der Waals surface area contributed by atoms with Gasteiger partial charge in [0, 0.05) is 5.56 Å². The van der Waals surface area contributed by atoms with E-state index in [0.29, 0.717) is 0 Å². The fraction of sp³-hybridized carbons (Fsp3) is 0.0556. The van der Waals surface area contributed by atoms with Crippen LogP contribution < -0.4 is 0 Å². The molecule has 2 aromatic carbocycles. The first kappa shape index (κ1) is 15.1. The summed E-state index contributed by atoms with van der Waals surface area (Å²) in [5.74, 6) is -0.241. The Hall–Kier alpha value is -1.78. The lowest BCUT2D eigenvalue weighted by atomic mass is 10.1. The van der Waals surface area contributed by atoms with Crippen LogP contribution in [0.3, 0.4) is 0 Å². The van der Waals surface area contributed by atoms with E-state index in [-0.39, 0.29) is 5.82 Å². The summed E-state index contributed by atoms with van der Waals surface area (Å²) in [6, 6.07) is 14.6. The Kier molecular flexibility index (Phi) is 4.50. The maximum atomic E-state index is 13.0. The van der Waals surface area contributed by atoms with Crippen LogP contribution in [0.15, 0.2) is 52.3 Å². The highest BCUT2D eigenvalue weighted by Crippen LogP contribution is 2.33.